The molecule has 0 heterocycles. The first-order chi connectivity index (χ1) is 11.5. The Kier molecular flexibility index (Phi) is 9.61. The summed E-state index contributed by atoms with van der Waals surface area (Å²) >= 11 is 0. The molecule has 0 saturated heterocycles. The molecule has 0 bridgehead atoms. The van der Waals surface area contributed by atoms with Crippen molar-refractivity contribution in [2.45, 2.75) is 45.7 Å². The molecule has 0 unspecified atom stereocenters. The van der Waals surface area contributed by atoms with Gasteiger partial charge >= 0.3 is 8.56 Å². The van der Waals surface area contributed by atoms with E-state index in [-0.39, 0.29) is 0 Å². The van der Waals surface area contributed by atoms with E-state index in [1.807, 2.05) is 43.4 Å². The van der Waals surface area contributed by atoms with Crippen molar-refractivity contribution in [3.8, 4) is 0 Å². The van der Waals surface area contributed by atoms with E-state index >= 15 is 0 Å². The van der Waals surface area contributed by atoms with Gasteiger partial charge in [-0.25, -0.2) is 0 Å². The van der Waals surface area contributed by atoms with Crippen molar-refractivity contribution < 1.29 is 8.85 Å². The van der Waals surface area contributed by atoms with Crippen LogP contribution in [0.4, 0.5) is 0 Å². The Morgan fingerprint density at radius 3 is 2.00 bits per heavy atom. The van der Waals surface area contributed by atoms with Gasteiger partial charge in [-0.15, -0.1) is 0 Å². The van der Waals surface area contributed by atoms with E-state index in [0.717, 1.165) is 0 Å². The minimum atomic E-state index is -2.28. The van der Waals surface area contributed by atoms with Gasteiger partial charge in [-0.2, -0.15) is 0 Å². The molecular weight excluding hydrogens is 312 g/mol. The predicted octanol–water partition coefficient (Wildman–Crippen LogP) is 6.13. The lowest BCUT2D eigenvalue weighted by atomic mass is 10.2. The van der Waals surface area contributed by atoms with Crippen LogP contribution in [0.25, 0.3) is 6.08 Å². The molecule has 0 aliphatic rings. The van der Waals surface area contributed by atoms with Gasteiger partial charge < -0.3 is 8.85 Å². The van der Waals surface area contributed by atoms with E-state index in [1.165, 1.54) is 5.56 Å². The normalized spacial score (nSPS) is 13.3. The molecule has 0 N–H and O–H groups in total. The molecule has 1 aromatic rings. The lowest BCUT2D eigenvalue weighted by Crippen LogP contribution is -2.48. The summed E-state index contributed by atoms with van der Waals surface area (Å²) in [5, 5.41) is 0. The maximum absolute atomic E-state index is 6.36. The number of hydrogen-bond donors (Lipinski definition) is 0. The highest BCUT2D eigenvalue weighted by Crippen LogP contribution is 2.34. The monoisotopic (exact) mass is 344 g/mol. The first kappa shape index (κ1) is 20.6. The van der Waals surface area contributed by atoms with Gasteiger partial charge in [0.15, 0.2) is 0 Å². The Labute approximate surface area is 149 Å². The van der Waals surface area contributed by atoms with Crippen molar-refractivity contribution in [3.63, 3.8) is 0 Å². The van der Waals surface area contributed by atoms with E-state index in [2.05, 4.69) is 58.1 Å². The third-order valence-electron chi connectivity index (χ3n) is 3.97. The molecule has 24 heavy (non-hydrogen) atoms. The summed E-state index contributed by atoms with van der Waals surface area (Å²) in [7, 11) is -2.28. The summed E-state index contributed by atoms with van der Waals surface area (Å²) in [5.41, 5.74) is 1.99. The Morgan fingerprint density at radius 2 is 1.46 bits per heavy atom. The predicted molar refractivity (Wildman–Crippen MR) is 107 cm³/mol. The fourth-order valence-corrected chi connectivity index (χ4v) is 6.19. The zero-order valence-electron chi connectivity index (χ0n) is 15.7. The summed E-state index contributed by atoms with van der Waals surface area (Å²) in [6.45, 7) is 12.1. The lowest BCUT2D eigenvalue weighted by Gasteiger charge is -2.36. The van der Waals surface area contributed by atoms with Crippen molar-refractivity contribution in [2.24, 2.45) is 0 Å². The zero-order valence-corrected chi connectivity index (χ0v) is 16.7. The van der Waals surface area contributed by atoms with E-state index in [9.17, 15) is 0 Å². The highest BCUT2D eigenvalue weighted by Gasteiger charge is 2.44. The van der Waals surface area contributed by atoms with Crippen LogP contribution in [0.2, 0.25) is 11.1 Å². The van der Waals surface area contributed by atoms with Gasteiger partial charge in [0, 0.05) is 0 Å². The summed E-state index contributed by atoms with van der Waals surface area (Å²) in [4.78, 5) is 0. The average Bonchev–Trinajstić information content (AvgIpc) is 2.57. The fourth-order valence-electron chi connectivity index (χ4n) is 2.73. The number of allylic oxidation sites excluding steroid dienone is 3. The molecule has 0 aliphatic carbocycles. The van der Waals surface area contributed by atoms with Crippen LogP contribution >= 0.6 is 0 Å². The first-order valence-corrected chi connectivity index (χ1v) is 10.8. The summed E-state index contributed by atoms with van der Waals surface area (Å²) in [5.74, 6) is 0. The Balaban J connectivity index is 2.69. The van der Waals surface area contributed by atoms with Crippen LogP contribution in [-0.2, 0) is 8.85 Å². The summed E-state index contributed by atoms with van der Waals surface area (Å²) < 4.78 is 12.7. The Morgan fingerprint density at radius 1 is 0.875 bits per heavy atom. The van der Waals surface area contributed by atoms with Gasteiger partial charge in [-0.05, 0) is 23.6 Å². The highest BCUT2D eigenvalue weighted by molar-refractivity contribution is 6.70. The van der Waals surface area contributed by atoms with Crippen LogP contribution in [0.15, 0.2) is 60.7 Å². The minimum absolute atomic E-state index is 0.401. The van der Waals surface area contributed by atoms with E-state index < -0.39 is 8.56 Å². The van der Waals surface area contributed by atoms with Crippen LogP contribution in [-0.4, -0.2) is 21.8 Å². The van der Waals surface area contributed by atoms with E-state index in [4.69, 9.17) is 8.85 Å². The van der Waals surface area contributed by atoms with Crippen molar-refractivity contribution in [1.82, 2.24) is 0 Å². The molecule has 1 aromatic carbocycles. The highest BCUT2D eigenvalue weighted by atomic mass is 28.4. The van der Waals surface area contributed by atoms with E-state index in [1.54, 1.807) is 0 Å². The van der Waals surface area contributed by atoms with Gasteiger partial charge in [0.2, 0.25) is 0 Å². The van der Waals surface area contributed by atoms with Crippen LogP contribution < -0.4 is 0 Å². The third kappa shape index (κ3) is 6.60. The Bertz CT molecular complexity index is 522. The number of benzene rings is 1. The lowest BCUT2D eigenvalue weighted by molar-refractivity contribution is 0.184. The number of rotatable bonds is 10. The van der Waals surface area contributed by atoms with Crippen LogP contribution in [0.5, 0.6) is 0 Å². The average molecular weight is 345 g/mol. The molecule has 0 aliphatic heterocycles. The maximum atomic E-state index is 6.36. The van der Waals surface area contributed by atoms with Crippen molar-refractivity contribution >= 4 is 14.6 Å². The smallest absolute Gasteiger partial charge is 0.343 e. The molecule has 0 radical (unpaired) electrons. The van der Waals surface area contributed by atoms with Crippen molar-refractivity contribution in [2.75, 3.05) is 13.2 Å². The van der Waals surface area contributed by atoms with Crippen LogP contribution in [0, 0.1) is 0 Å². The van der Waals surface area contributed by atoms with Crippen molar-refractivity contribution in [3.05, 3.63) is 66.3 Å². The quantitative estimate of drug-likeness (QED) is 0.375. The van der Waals surface area contributed by atoms with Crippen LogP contribution in [0.1, 0.15) is 40.2 Å². The molecule has 0 saturated carbocycles. The molecule has 0 spiro atoms. The second-order valence-corrected chi connectivity index (χ2v) is 10.7. The molecular formula is C21H32O2Si. The van der Waals surface area contributed by atoms with E-state index in [0.29, 0.717) is 24.3 Å². The van der Waals surface area contributed by atoms with Gasteiger partial charge in [0.25, 0.3) is 0 Å². The largest absolute Gasteiger partial charge is 0.390 e. The molecule has 0 atom stereocenters. The minimum Gasteiger partial charge on any atom is -0.390 e. The summed E-state index contributed by atoms with van der Waals surface area (Å²) in [6.07, 6.45) is 12.3. The van der Waals surface area contributed by atoms with Gasteiger partial charge in [-0.3, -0.25) is 0 Å². The molecule has 3 heteroatoms. The molecule has 0 aromatic heterocycles. The molecule has 2 nitrogen and oxygen atoms in total. The molecule has 1 rings (SSSR count). The maximum Gasteiger partial charge on any atom is 0.343 e. The summed E-state index contributed by atoms with van der Waals surface area (Å²) in [6, 6.07) is 10.3. The topological polar surface area (TPSA) is 18.5 Å². The molecule has 0 amide bonds. The van der Waals surface area contributed by atoms with Gasteiger partial charge in [-0.1, -0.05) is 94.5 Å². The second kappa shape index (κ2) is 11.2. The van der Waals surface area contributed by atoms with Crippen molar-refractivity contribution in [1.29, 1.82) is 0 Å². The fraction of sp³-hybridized carbons (Fsp3) is 0.429. The second-order valence-electron chi connectivity index (χ2n) is 6.42. The third-order valence-corrected chi connectivity index (χ3v) is 8.42. The molecule has 0 fully saturated rings. The SMILES string of the molecule is C/C=C/C=C/CO[Si](OC/C=C/c1ccccc1)(C(C)C)C(C)C. The number of hydrogen-bond acceptors (Lipinski definition) is 2. The Hall–Kier alpha value is -1.42. The van der Waals surface area contributed by atoms with Gasteiger partial charge in [0.1, 0.15) is 0 Å². The van der Waals surface area contributed by atoms with Crippen LogP contribution in [0.3, 0.4) is 0 Å². The standard InChI is InChI=1S/C21H32O2Si/c1-6-7-8-12-17-22-24(19(2)3,20(4)5)23-18-13-16-21-14-10-9-11-15-21/h6-16,19-20H,17-18H2,1-5H3/b7-6+,12-8+,16-13+. The first-order valence-electron chi connectivity index (χ1n) is 8.80. The molecule has 132 valence electrons. The zero-order chi connectivity index (χ0) is 17.8. The van der Waals surface area contributed by atoms with Gasteiger partial charge in [0.05, 0.1) is 13.2 Å².